The van der Waals surface area contributed by atoms with Crippen molar-refractivity contribution in [3.05, 3.63) is 52.6 Å². The fourth-order valence-corrected chi connectivity index (χ4v) is 2.59. The molecule has 26 heavy (non-hydrogen) atoms. The predicted molar refractivity (Wildman–Crippen MR) is 88.0 cm³/mol. The van der Waals surface area contributed by atoms with Crippen molar-refractivity contribution in [1.82, 2.24) is 0 Å². The van der Waals surface area contributed by atoms with E-state index in [1.165, 1.54) is 19.3 Å². The lowest BCUT2D eigenvalue weighted by molar-refractivity contribution is -0.129. The summed E-state index contributed by atoms with van der Waals surface area (Å²) in [6.07, 6.45) is 1.40. The molecule has 3 heterocycles. The molecule has 0 N–H and O–H groups in total. The molecular formula is C18H13NO7. The van der Waals surface area contributed by atoms with E-state index >= 15 is 0 Å². The zero-order chi connectivity index (χ0) is 18.3. The highest BCUT2D eigenvalue weighted by molar-refractivity contribution is 6.13. The van der Waals surface area contributed by atoms with Crippen molar-refractivity contribution in [1.29, 1.82) is 0 Å². The summed E-state index contributed by atoms with van der Waals surface area (Å²) in [5.41, 5.74) is 0.922. The SMILES string of the molecule is COC(=O)c1cc(/C=C2/N=C(c3ccc4c(c3)OCO4)OC2=O)oc1C. The van der Waals surface area contributed by atoms with E-state index in [1.807, 2.05) is 0 Å². The molecule has 2 aliphatic heterocycles. The molecule has 0 aliphatic carbocycles. The summed E-state index contributed by atoms with van der Waals surface area (Å²) < 4.78 is 25.9. The number of carbonyl (C=O) groups is 2. The van der Waals surface area contributed by atoms with Gasteiger partial charge in [-0.2, -0.15) is 0 Å². The molecule has 4 rings (SSSR count). The maximum atomic E-state index is 12.1. The van der Waals surface area contributed by atoms with Crippen molar-refractivity contribution in [3.8, 4) is 11.5 Å². The van der Waals surface area contributed by atoms with Gasteiger partial charge in [0.25, 0.3) is 0 Å². The molecule has 0 saturated carbocycles. The number of hydrogen-bond donors (Lipinski definition) is 0. The maximum Gasteiger partial charge on any atom is 0.363 e. The van der Waals surface area contributed by atoms with Crippen molar-refractivity contribution in [2.75, 3.05) is 13.9 Å². The minimum atomic E-state index is -0.619. The van der Waals surface area contributed by atoms with Crippen LogP contribution < -0.4 is 9.47 Å². The van der Waals surface area contributed by atoms with E-state index in [-0.39, 0.29) is 24.0 Å². The summed E-state index contributed by atoms with van der Waals surface area (Å²) >= 11 is 0. The minimum Gasteiger partial charge on any atom is -0.465 e. The highest BCUT2D eigenvalue weighted by Gasteiger charge is 2.26. The van der Waals surface area contributed by atoms with E-state index in [9.17, 15) is 9.59 Å². The highest BCUT2D eigenvalue weighted by Crippen LogP contribution is 2.33. The fourth-order valence-electron chi connectivity index (χ4n) is 2.59. The Hall–Kier alpha value is -3.55. The quantitative estimate of drug-likeness (QED) is 0.616. The Labute approximate surface area is 147 Å². The molecule has 1 aromatic heterocycles. The summed E-state index contributed by atoms with van der Waals surface area (Å²) in [5, 5.41) is 0. The van der Waals surface area contributed by atoms with Gasteiger partial charge in [-0.05, 0) is 31.2 Å². The standard InChI is InChI=1S/C18H13NO7/c1-9-12(17(20)22-2)6-11(25-9)7-13-18(21)26-16(19-13)10-3-4-14-15(5-10)24-8-23-14/h3-7H,8H2,1-2H3/b13-7+. The topological polar surface area (TPSA) is 96.6 Å². The van der Waals surface area contributed by atoms with Gasteiger partial charge < -0.3 is 23.4 Å². The van der Waals surface area contributed by atoms with Crippen molar-refractivity contribution in [2.24, 2.45) is 4.99 Å². The molecule has 2 aliphatic rings. The molecule has 0 radical (unpaired) electrons. The van der Waals surface area contributed by atoms with Crippen molar-refractivity contribution in [3.63, 3.8) is 0 Å². The first-order valence-corrected chi connectivity index (χ1v) is 7.66. The lowest BCUT2D eigenvalue weighted by Gasteiger charge is -2.01. The van der Waals surface area contributed by atoms with Gasteiger partial charge in [0, 0.05) is 11.6 Å². The number of furan rings is 1. The summed E-state index contributed by atoms with van der Waals surface area (Å²) in [5.74, 6) is 0.872. The van der Waals surface area contributed by atoms with Crippen LogP contribution in [-0.4, -0.2) is 31.7 Å². The van der Waals surface area contributed by atoms with Gasteiger partial charge in [0.05, 0.1) is 7.11 Å². The summed E-state index contributed by atoms with van der Waals surface area (Å²) in [6.45, 7) is 1.78. The number of cyclic esters (lactones) is 1. The number of carbonyl (C=O) groups excluding carboxylic acids is 2. The largest absolute Gasteiger partial charge is 0.465 e. The molecule has 132 valence electrons. The molecule has 0 atom stereocenters. The van der Waals surface area contributed by atoms with Gasteiger partial charge in [0.1, 0.15) is 17.1 Å². The second-order valence-corrected chi connectivity index (χ2v) is 5.51. The molecule has 0 spiro atoms. The molecule has 0 fully saturated rings. The summed E-state index contributed by atoms with van der Waals surface area (Å²) in [7, 11) is 1.28. The van der Waals surface area contributed by atoms with E-state index in [2.05, 4.69) is 9.73 Å². The molecule has 0 unspecified atom stereocenters. The van der Waals surface area contributed by atoms with E-state index in [1.54, 1.807) is 25.1 Å². The number of benzene rings is 1. The third kappa shape index (κ3) is 2.71. The predicted octanol–water partition coefficient (Wildman–Crippen LogP) is 2.45. The Kier molecular flexibility index (Phi) is 3.72. The molecule has 2 aromatic rings. The van der Waals surface area contributed by atoms with Gasteiger partial charge in [0.2, 0.25) is 12.7 Å². The van der Waals surface area contributed by atoms with Crippen LogP contribution in [0.25, 0.3) is 6.08 Å². The number of rotatable bonds is 3. The smallest absolute Gasteiger partial charge is 0.363 e. The Morgan fingerprint density at radius 1 is 1.23 bits per heavy atom. The number of hydrogen-bond acceptors (Lipinski definition) is 8. The van der Waals surface area contributed by atoms with Crippen LogP contribution >= 0.6 is 0 Å². The Bertz CT molecular complexity index is 983. The number of esters is 2. The number of ether oxygens (including phenoxy) is 4. The number of aliphatic imine (C=N–C) groups is 1. The van der Waals surface area contributed by atoms with Crippen molar-refractivity contribution < 1.29 is 33.0 Å². The number of nitrogens with zero attached hydrogens (tertiary/aromatic N) is 1. The average Bonchev–Trinajstić information content (AvgIpc) is 3.33. The zero-order valence-corrected chi connectivity index (χ0v) is 13.9. The van der Waals surface area contributed by atoms with E-state index in [0.717, 1.165) is 0 Å². The van der Waals surface area contributed by atoms with Gasteiger partial charge in [-0.3, -0.25) is 0 Å². The van der Waals surface area contributed by atoms with Crippen LogP contribution in [-0.2, 0) is 14.3 Å². The zero-order valence-electron chi connectivity index (χ0n) is 13.9. The Balaban J connectivity index is 1.64. The fraction of sp³-hybridized carbons (Fsp3) is 0.167. The molecule has 8 heteroatoms. The number of aryl methyl sites for hydroxylation is 1. The van der Waals surface area contributed by atoms with Gasteiger partial charge in [-0.25, -0.2) is 14.6 Å². The first-order valence-electron chi connectivity index (χ1n) is 7.66. The van der Waals surface area contributed by atoms with Gasteiger partial charge in [0.15, 0.2) is 17.2 Å². The molecule has 1 aromatic carbocycles. The molecule has 0 saturated heterocycles. The second-order valence-electron chi connectivity index (χ2n) is 5.51. The van der Waals surface area contributed by atoms with Crippen LogP contribution in [0.2, 0.25) is 0 Å². The molecule has 8 nitrogen and oxygen atoms in total. The number of fused-ring (bicyclic) bond motifs is 1. The van der Waals surface area contributed by atoms with E-state index in [0.29, 0.717) is 28.6 Å². The molecule has 0 amide bonds. The first-order chi connectivity index (χ1) is 12.5. The van der Waals surface area contributed by atoms with Gasteiger partial charge in [-0.1, -0.05) is 0 Å². The second kappa shape index (κ2) is 6.07. The van der Waals surface area contributed by atoms with Crippen LogP contribution in [0.1, 0.15) is 27.4 Å². The Morgan fingerprint density at radius 3 is 2.85 bits per heavy atom. The first kappa shape index (κ1) is 15.9. The molecule has 0 bridgehead atoms. The van der Waals surface area contributed by atoms with E-state index < -0.39 is 11.9 Å². The van der Waals surface area contributed by atoms with E-state index in [4.69, 9.17) is 18.6 Å². The third-order valence-corrected chi connectivity index (χ3v) is 3.86. The van der Waals surface area contributed by atoms with Crippen molar-refractivity contribution in [2.45, 2.75) is 6.92 Å². The van der Waals surface area contributed by atoms with Crippen molar-refractivity contribution >= 4 is 23.9 Å². The summed E-state index contributed by atoms with van der Waals surface area (Å²) in [4.78, 5) is 27.9. The minimum absolute atomic E-state index is 0.0582. The van der Waals surface area contributed by atoms with Crippen LogP contribution in [0.15, 0.2) is 39.4 Å². The lowest BCUT2D eigenvalue weighted by Crippen LogP contribution is -2.05. The lowest BCUT2D eigenvalue weighted by atomic mass is 10.2. The van der Waals surface area contributed by atoms with Gasteiger partial charge >= 0.3 is 11.9 Å². The van der Waals surface area contributed by atoms with Crippen LogP contribution in [0, 0.1) is 6.92 Å². The average molecular weight is 355 g/mol. The third-order valence-electron chi connectivity index (χ3n) is 3.86. The molecular weight excluding hydrogens is 342 g/mol. The Morgan fingerprint density at radius 2 is 2.04 bits per heavy atom. The monoisotopic (exact) mass is 355 g/mol. The van der Waals surface area contributed by atoms with Crippen LogP contribution in [0.3, 0.4) is 0 Å². The normalized spacial score (nSPS) is 16.6. The summed E-state index contributed by atoms with van der Waals surface area (Å²) in [6, 6.07) is 6.60. The van der Waals surface area contributed by atoms with Crippen LogP contribution in [0.5, 0.6) is 11.5 Å². The number of methoxy groups -OCH3 is 1. The maximum absolute atomic E-state index is 12.1. The van der Waals surface area contributed by atoms with Gasteiger partial charge in [-0.15, -0.1) is 0 Å². The van der Waals surface area contributed by atoms with Crippen LogP contribution in [0.4, 0.5) is 0 Å². The highest BCUT2D eigenvalue weighted by atomic mass is 16.7.